The monoisotopic (exact) mass is 430 g/mol. The highest BCUT2D eigenvalue weighted by Gasteiger charge is 2.36. The van der Waals surface area contributed by atoms with Gasteiger partial charge in [0, 0.05) is 43.0 Å². The molecule has 6 rings (SSSR count). The van der Waals surface area contributed by atoms with E-state index in [1.54, 1.807) is 13.3 Å². The molecule has 8 nitrogen and oxygen atoms in total. The molecular weight excluding hydrogens is 404 g/mol. The first kappa shape index (κ1) is 19.4. The number of piperidine rings is 1. The summed E-state index contributed by atoms with van der Waals surface area (Å²) < 4.78 is 11.3. The SMILES string of the molecule is COc1cc(-c2ccc3c(c2)COc2nc(N(C)C4CC5CCC(C4)N5)ncc2-3)cnn1. The first-order valence-corrected chi connectivity index (χ1v) is 11.2. The van der Waals surface area contributed by atoms with Gasteiger partial charge in [-0.25, -0.2) is 4.98 Å². The molecule has 1 aromatic carbocycles. The molecule has 2 aromatic heterocycles. The third-order valence-electron chi connectivity index (χ3n) is 6.99. The van der Waals surface area contributed by atoms with Crippen LogP contribution in [0.5, 0.6) is 11.8 Å². The number of nitrogens with one attached hydrogen (secondary N) is 1. The highest BCUT2D eigenvalue weighted by atomic mass is 16.5. The fourth-order valence-corrected chi connectivity index (χ4v) is 5.24. The lowest BCUT2D eigenvalue weighted by atomic mass is 9.95. The average Bonchev–Trinajstić information content (AvgIpc) is 3.19. The van der Waals surface area contributed by atoms with Gasteiger partial charge < -0.3 is 19.7 Å². The number of fused-ring (bicyclic) bond motifs is 5. The quantitative estimate of drug-likeness (QED) is 0.675. The molecular formula is C24H26N6O2. The van der Waals surface area contributed by atoms with Crippen LogP contribution in [0.2, 0.25) is 0 Å². The molecule has 32 heavy (non-hydrogen) atoms. The lowest BCUT2D eigenvalue weighted by Gasteiger charge is -2.35. The maximum absolute atomic E-state index is 6.08. The molecule has 8 heteroatoms. The average molecular weight is 431 g/mol. The number of nitrogens with zero attached hydrogens (tertiary/aromatic N) is 5. The molecule has 0 spiro atoms. The van der Waals surface area contributed by atoms with E-state index in [1.807, 2.05) is 12.3 Å². The van der Waals surface area contributed by atoms with Crippen LogP contribution in [-0.4, -0.2) is 52.4 Å². The number of aromatic nitrogens is 4. The van der Waals surface area contributed by atoms with Gasteiger partial charge in [-0.3, -0.25) is 0 Å². The second-order valence-corrected chi connectivity index (χ2v) is 8.91. The van der Waals surface area contributed by atoms with Crippen molar-refractivity contribution in [3.63, 3.8) is 0 Å². The van der Waals surface area contributed by atoms with Gasteiger partial charge in [-0.1, -0.05) is 12.1 Å². The lowest BCUT2D eigenvalue weighted by molar-refractivity contribution is 0.289. The van der Waals surface area contributed by atoms with Gasteiger partial charge in [0.25, 0.3) is 0 Å². The highest BCUT2D eigenvalue weighted by Crippen LogP contribution is 2.39. The first-order valence-electron chi connectivity index (χ1n) is 11.2. The van der Waals surface area contributed by atoms with E-state index in [4.69, 9.17) is 19.4 Å². The number of benzene rings is 1. The van der Waals surface area contributed by atoms with Crippen LogP contribution >= 0.6 is 0 Å². The van der Waals surface area contributed by atoms with Crippen LogP contribution in [-0.2, 0) is 6.61 Å². The largest absolute Gasteiger partial charge is 0.480 e. The molecule has 1 N–H and O–H groups in total. The summed E-state index contributed by atoms with van der Waals surface area (Å²) in [7, 11) is 3.70. The van der Waals surface area contributed by atoms with E-state index in [9.17, 15) is 0 Å². The van der Waals surface area contributed by atoms with Crippen molar-refractivity contribution in [2.45, 2.75) is 50.4 Å². The topological polar surface area (TPSA) is 85.3 Å². The Morgan fingerprint density at radius 1 is 1.06 bits per heavy atom. The Hall–Kier alpha value is -3.26. The maximum atomic E-state index is 6.08. The molecule has 0 radical (unpaired) electrons. The standard InChI is InChI=1S/C24H26N6O2/c1-30(19-9-17-4-5-18(10-19)27-17)24-25-12-21-20-6-3-14(7-16(20)13-32-23(21)28-24)15-8-22(31-2)29-26-11-15/h3,6-8,11-12,17-19,27H,4-5,9-10,13H2,1-2H3. The molecule has 0 aliphatic carbocycles. The van der Waals surface area contributed by atoms with Gasteiger partial charge in [-0.05, 0) is 48.4 Å². The molecule has 164 valence electrons. The number of ether oxygens (including phenoxy) is 2. The van der Waals surface area contributed by atoms with Crippen LogP contribution in [0.25, 0.3) is 22.3 Å². The van der Waals surface area contributed by atoms with Gasteiger partial charge in [-0.15, -0.1) is 5.10 Å². The van der Waals surface area contributed by atoms with Gasteiger partial charge in [0.15, 0.2) is 0 Å². The van der Waals surface area contributed by atoms with Crippen molar-refractivity contribution < 1.29 is 9.47 Å². The number of anilines is 1. The summed E-state index contributed by atoms with van der Waals surface area (Å²) in [6, 6.07) is 9.92. The smallest absolute Gasteiger partial charge is 0.233 e. The summed E-state index contributed by atoms with van der Waals surface area (Å²) in [5, 5.41) is 11.7. The zero-order chi connectivity index (χ0) is 21.7. The number of hydrogen-bond acceptors (Lipinski definition) is 8. The molecule has 2 saturated heterocycles. The van der Waals surface area contributed by atoms with Crippen LogP contribution in [0.15, 0.2) is 36.7 Å². The van der Waals surface area contributed by atoms with Gasteiger partial charge >= 0.3 is 0 Å². The van der Waals surface area contributed by atoms with Gasteiger partial charge in [0.1, 0.15) is 6.61 Å². The van der Waals surface area contributed by atoms with E-state index in [0.717, 1.165) is 46.6 Å². The first-order chi connectivity index (χ1) is 15.7. The zero-order valence-electron chi connectivity index (χ0n) is 18.3. The van der Waals surface area contributed by atoms with Crippen molar-refractivity contribution >= 4 is 5.95 Å². The minimum absolute atomic E-state index is 0.469. The van der Waals surface area contributed by atoms with Gasteiger partial charge in [0.05, 0.1) is 18.9 Å². The predicted octanol–water partition coefficient (Wildman–Crippen LogP) is 3.22. The van der Waals surface area contributed by atoms with E-state index in [1.165, 1.54) is 12.8 Å². The zero-order valence-corrected chi connectivity index (χ0v) is 18.3. The van der Waals surface area contributed by atoms with Gasteiger partial charge in [-0.2, -0.15) is 10.1 Å². The van der Waals surface area contributed by atoms with E-state index < -0.39 is 0 Å². The highest BCUT2D eigenvalue weighted by molar-refractivity contribution is 5.77. The molecule has 0 saturated carbocycles. The summed E-state index contributed by atoms with van der Waals surface area (Å²) in [6.07, 6.45) is 8.50. The van der Waals surface area contributed by atoms with E-state index >= 15 is 0 Å². The fraction of sp³-hybridized carbons (Fsp3) is 0.417. The van der Waals surface area contributed by atoms with Gasteiger partial charge in [0.2, 0.25) is 17.7 Å². The summed E-state index contributed by atoms with van der Waals surface area (Å²) in [4.78, 5) is 11.8. The Morgan fingerprint density at radius 3 is 2.72 bits per heavy atom. The molecule has 2 fully saturated rings. The number of rotatable bonds is 4. The Labute approximate surface area is 187 Å². The maximum Gasteiger partial charge on any atom is 0.233 e. The van der Waals surface area contributed by atoms with Crippen LogP contribution in [0.3, 0.4) is 0 Å². The van der Waals surface area contributed by atoms with E-state index in [2.05, 4.69) is 45.7 Å². The summed E-state index contributed by atoms with van der Waals surface area (Å²) in [5.74, 6) is 1.89. The summed E-state index contributed by atoms with van der Waals surface area (Å²) >= 11 is 0. The van der Waals surface area contributed by atoms with E-state index in [-0.39, 0.29) is 0 Å². The van der Waals surface area contributed by atoms with Crippen LogP contribution in [0.1, 0.15) is 31.2 Å². The third-order valence-corrected chi connectivity index (χ3v) is 6.99. The molecule has 2 unspecified atom stereocenters. The van der Waals surface area contributed by atoms with Crippen molar-refractivity contribution in [3.8, 4) is 34.0 Å². The normalized spacial score (nSPS) is 23.1. The molecule has 5 heterocycles. The van der Waals surface area contributed by atoms with Crippen molar-refractivity contribution in [2.24, 2.45) is 0 Å². The Balaban J connectivity index is 1.27. The lowest BCUT2D eigenvalue weighted by Crippen LogP contribution is -2.47. The Morgan fingerprint density at radius 2 is 1.91 bits per heavy atom. The molecule has 2 atom stereocenters. The molecule has 3 aliphatic rings. The fourth-order valence-electron chi connectivity index (χ4n) is 5.24. The van der Waals surface area contributed by atoms with Crippen LogP contribution in [0.4, 0.5) is 5.95 Å². The molecule has 0 amide bonds. The van der Waals surface area contributed by atoms with Crippen molar-refractivity contribution in [2.75, 3.05) is 19.1 Å². The summed E-state index contributed by atoms with van der Waals surface area (Å²) in [6.45, 7) is 0.476. The minimum atomic E-state index is 0.469. The minimum Gasteiger partial charge on any atom is -0.480 e. The summed E-state index contributed by atoms with van der Waals surface area (Å²) in [5.41, 5.74) is 5.14. The third kappa shape index (κ3) is 3.35. The Kier molecular flexibility index (Phi) is 4.68. The number of hydrogen-bond donors (Lipinski definition) is 1. The van der Waals surface area contributed by atoms with Crippen molar-refractivity contribution in [1.82, 2.24) is 25.5 Å². The molecule has 2 bridgehead atoms. The van der Waals surface area contributed by atoms with Crippen molar-refractivity contribution in [1.29, 1.82) is 0 Å². The number of methoxy groups -OCH3 is 1. The van der Waals surface area contributed by atoms with Crippen LogP contribution < -0.4 is 19.7 Å². The molecule has 3 aromatic rings. The van der Waals surface area contributed by atoms with E-state index in [0.29, 0.717) is 36.5 Å². The van der Waals surface area contributed by atoms with Crippen LogP contribution in [0, 0.1) is 0 Å². The second kappa shape index (κ2) is 7.70. The Bertz CT molecular complexity index is 1160. The predicted molar refractivity (Wildman–Crippen MR) is 121 cm³/mol. The van der Waals surface area contributed by atoms with Crippen molar-refractivity contribution in [3.05, 3.63) is 42.2 Å². The molecule has 3 aliphatic heterocycles. The second-order valence-electron chi connectivity index (χ2n) is 8.91.